The minimum atomic E-state index is 0.0663. The molecule has 0 aromatic carbocycles. The van der Waals surface area contributed by atoms with Crippen LogP contribution in [0.5, 0.6) is 0 Å². The lowest BCUT2D eigenvalue weighted by Crippen LogP contribution is -2.13. The maximum absolute atomic E-state index is 11.1. The molecule has 0 unspecified atom stereocenters. The topological polar surface area (TPSA) is 37.8 Å². The van der Waals surface area contributed by atoms with Gasteiger partial charge in [-0.2, -0.15) is 11.8 Å². The highest BCUT2D eigenvalue weighted by Crippen LogP contribution is 2.02. The van der Waals surface area contributed by atoms with Gasteiger partial charge in [-0.05, 0) is 13.2 Å². The molecule has 1 heterocycles. The third-order valence-electron chi connectivity index (χ3n) is 1.46. The van der Waals surface area contributed by atoms with E-state index in [1.54, 1.807) is 22.5 Å². The number of hydrogen-bond acceptors (Lipinski definition) is 2. The molecular weight excluding hydrogens is 160 g/mol. The van der Waals surface area contributed by atoms with Gasteiger partial charge in [-0.25, -0.2) is 0 Å². The molecule has 1 rings (SSSR count). The van der Waals surface area contributed by atoms with E-state index in [1.807, 2.05) is 13.2 Å². The Balaban J connectivity index is 2.86. The molecule has 3 nitrogen and oxygen atoms in total. The van der Waals surface area contributed by atoms with Crippen molar-refractivity contribution in [3.63, 3.8) is 0 Å². The molecule has 11 heavy (non-hydrogen) atoms. The molecule has 0 aliphatic heterocycles. The molecule has 0 aliphatic rings. The summed E-state index contributed by atoms with van der Waals surface area (Å²) in [5, 5.41) is 3.02. The van der Waals surface area contributed by atoms with Crippen molar-refractivity contribution in [2.45, 2.75) is 19.2 Å². The summed E-state index contributed by atoms with van der Waals surface area (Å²) < 4.78 is 1.60. The Morgan fingerprint density at radius 3 is 2.91 bits per heavy atom. The Bertz CT molecular complexity index is 276. The van der Waals surface area contributed by atoms with Crippen LogP contribution < -0.4 is 5.56 Å². The number of aryl methyl sites for hydroxylation is 1. The maximum atomic E-state index is 11.1. The van der Waals surface area contributed by atoms with E-state index in [1.165, 1.54) is 0 Å². The highest BCUT2D eigenvalue weighted by molar-refractivity contribution is 7.97. The molecule has 0 saturated heterocycles. The first-order chi connectivity index (χ1) is 5.27. The van der Waals surface area contributed by atoms with E-state index in [2.05, 4.69) is 5.10 Å². The zero-order valence-electron chi connectivity index (χ0n) is 6.76. The summed E-state index contributed by atoms with van der Waals surface area (Å²) in [6.45, 7) is 2.66. The second kappa shape index (κ2) is 3.67. The summed E-state index contributed by atoms with van der Waals surface area (Å²) in [5.41, 5.74) is 1.07. The lowest BCUT2D eigenvalue weighted by molar-refractivity contribution is 0.632. The fourth-order valence-corrected chi connectivity index (χ4v) is 1.41. The van der Waals surface area contributed by atoms with Crippen molar-refractivity contribution in [3.05, 3.63) is 22.1 Å². The SMILES string of the molecule is CCn1[nH]c(CSC)cc1=O. The van der Waals surface area contributed by atoms with Gasteiger partial charge in [0.2, 0.25) is 0 Å². The molecule has 0 atom stereocenters. The lowest BCUT2D eigenvalue weighted by atomic mass is 10.5. The van der Waals surface area contributed by atoms with Crippen LogP contribution in [0.15, 0.2) is 10.9 Å². The number of rotatable bonds is 3. The van der Waals surface area contributed by atoms with Crippen LogP contribution in [0.4, 0.5) is 0 Å². The standard InChI is InChI=1S/C7H12N2OS/c1-3-9-7(10)4-6(8-9)5-11-2/h4,8H,3,5H2,1-2H3. The Morgan fingerprint density at radius 2 is 2.45 bits per heavy atom. The highest BCUT2D eigenvalue weighted by atomic mass is 32.2. The number of aromatic amines is 1. The second-order valence-corrected chi connectivity index (χ2v) is 3.16. The highest BCUT2D eigenvalue weighted by Gasteiger charge is 1.98. The zero-order chi connectivity index (χ0) is 8.27. The Labute approximate surface area is 69.8 Å². The smallest absolute Gasteiger partial charge is 0.266 e. The van der Waals surface area contributed by atoms with Gasteiger partial charge in [-0.1, -0.05) is 0 Å². The average molecular weight is 172 g/mol. The molecule has 4 heteroatoms. The number of nitrogens with one attached hydrogen (secondary N) is 1. The molecule has 0 fully saturated rings. The van der Waals surface area contributed by atoms with E-state index in [9.17, 15) is 4.79 Å². The van der Waals surface area contributed by atoms with Crippen molar-refractivity contribution in [1.82, 2.24) is 9.78 Å². The third kappa shape index (κ3) is 1.89. The van der Waals surface area contributed by atoms with Gasteiger partial charge in [-0.15, -0.1) is 0 Å². The quantitative estimate of drug-likeness (QED) is 0.740. The molecule has 0 radical (unpaired) electrons. The van der Waals surface area contributed by atoms with Gasteiger partial charge in [0.25, 0.3) is 5.56 Å². The van der Waals surface area contributed by atoms with Crippen LogP contribution in [0, 0.1) is 0 Å². The van der Waals surface area contributed by atoms with Crippen LogP contribution in [-0.4, -0.2) is 16.0 Å². The number of H-pyrrole nitrogens is 1. The first kappa shape index (κ1) is 8.46. The minimum absolute atomic E-state index is 0.0663. The Morgan fingerprint density at radius 1 is 1.73 bits per heavy atom. The molecule has 1 aromatic rings. The third-order valence-corrected chi connectivity index (χ3v) is 2.06. The van der Waals surface area contributed by atoms with E-state index in [0.29, 0.717) is 6.54 Å². The summed E-state index contributed by atoms with van der Waals surface area (Å²) in [6.07, 6.45) is 2.02. The monoisotopic (exact) mass is 172 g/mol. The molecule has 62 valence electrons. The zero-order valence-corrected chi connectivity index (χ0v) is 7.57. The van der Waals surface area contributed by atoms with E-state index in [0.717, 1.165) is 11.4 Å². The van der Waals surface area contributed by atoms with Gasteiger partial charge >= 0.3 is 0 Å². The van der Waals surface area contributed by atoms with Crippen molar-refractivity contribution in [2.24, 2.45) is 0 Å². The van der Waals surface area contributed by atoms with Gasteiger partial charge in [0.05, 0.1) is 0 Å². The largest absolute Gasteiger partial charge is 0.299 e. The molecule has 1 N–H and O–H groups in total. The number of thioether (sulfide) groups is 1. The fraction of sp³-hybridized carbons (Fsp3) is 0.571. The molecule has 0 spiro atoms. The fourth-order valence-electron chi connectivity index (χ4n) is 0.952. The summed E-state index contributed by atoms with van der Waals surface area (Å²) >= 11 is 1.70. The summed E-state index contributed by atoms with van der Waals surface area (Å²) in [6, 6.07) is 1.65. The van der Waals surface area contributed by atoms with Crippen molar-refractivity contribution in [2.75, 3.05) is 6.26 Å². The predicted octanol–water partition coefficient (Wildman–Crippen LogP) is 1.06. The number of aromatic nitrogens is 2. The molecular formula is C7H12N2OS. The van der Waals surface area contributed by atoms with Crippen molar-refractivity contribution in [1.29, 1.82) is 0 Å². The molecule has 0 saturated carbocycles. The summed E-state index contributed by atoms with van der Waals surface area (Å²) in [5.74, 6) is 0.877. The van der Waals surface area contributed by atoms with Gasteiger partial charge in [0.1, 0.15) is 0 Å². The normalized spacial score (nSPS) is 10.4. The second-order valence-electron chi connectivity index (χ2n) is 2.30. The van der Waals surface area contributed by atoms with Gasteiger partial charge in [0.15, 0.2) is 0 Å². The van der Waals surface area contributed by atoms with Crippen LogP contribution in [0.25, 0.3) is 0 Å². The van der Waals surface area contributed by atoms with E-state index in [4.69, 9.17) is 0 Å². The van der Waals surface area contributed by atoms with E-state index in [-0.39, 0.29) is 5.56 Å². The first-order valence-corrected chi connectivity index (χ1v) is 4.95. The van der Waals surface area contributed by atoms with Crippen LogP contribution in [0.1, 0.15) is 12.6 Å². The number of nitrogens with zero attached hydrogens (tertiary/aromatic N) is 1. The maximum Gasteiger partial charge on any atom is 0.266 e. The van der Waals surface area contributed by atoms with Crippen molar-refractivity contribution in [3.8, 4) is 0 Å². The summed E-state index contributed by atoms with van der Waals surface area (Å²) in [4.78, 5) is 11.1. The Hall–Kier alpha value is -0.640. The number of hydrogen-bond donors (Lipinski definition) is 1. The molecule has 0 amide bonds. The van der Waals surface area contributed by atoms with Gasteiger partial charge < -0.3 is 0 Å². The predicted molar refractivity (Wildman–Crippen MR) is 47.9 cm³/mol. The molecule has 0 bridgehead atoms. The van der Waals surface area contributed by atoms with Gasteiger partial charge in [-0.3, -0.25) is 14.6 Å². The summed E-state index contributed by atoms with van der Waals surface area (Å²) in [7, 11) is 0. The Kier molecular flexibility index (Phi) is 2.82. The first-order valence-electron chi connectivity index (χ1n) is 3.55. The minimum Gasteiger partial charge on any atom is -0.299 e. The molecule has 0 aliphatic carbocycles. The van der Waals surface area contributed by atoms with Crippen LogP contribution >= 0.6 is 11.8 Å². The average Bonchev–Trinajstić information content (AvgIpc) is 2.32. The van der Waals surface area contributed by atoms with Crippen molar-refractivity contribution >= 4 is 11.8 Å². The van der Waals surface area contributed by atoms with Crippen LogP contribution in [0.2, 0.25) is 0 Å². The van der Waals surface area contributed by atoms with Crippen molar-refractivity contribution < 1.29 is 0 Å². The molecule has 1 aromatic heterocycles. The van der Waals surface area contributed by atoms with E-state index < -0.39 is 0 Å². The van der Waals surface area contributed by atoms with Crippen LogP contribution in [-0.2, 0) is 12.3 Å². The lowest BCUT2D eigenvalue weighted by Gasteiger charge is -1.94. The van der Waals surface area contributed by atoms with E-state index >= 15 is 0 Å². The van der Waals surface area contributed by atoms with Gasteiger partial charge in [0, 0.05) is 24.1 Å². The van der Waals surface area contributed by atoms with Crippen LogP contribution in [0.3, 0.4) is 0 Å².